The molecule has 0 bridgehead atoms. The molecule has 2 rings (SSSR count). The van der Waals surface area contributed by atoms with E-state index in [9.17, 15) is 18.0 Å². The van der Waals surface area contributed by atoms with Crippen molar-refractivity contribution in [2.75, 3.05) is 0 Å². The van der Waals surface area contributed by atoms with Crippen LogP contribution in [-0.2, 0) is 6.54 Å². The van der Waals surface area contributed by atoms with Crippen molar-refractivity contribution >= 4 is 17.5 Å². The summed E-state index contributed by atoms with van der Waals surface area (Å²) >= 11 is 0.943. The molecule has 0 aliphatic heterocycles. The lowest BCUT2D eigenvalue weighted by molar-refractivity contribution is -0.144. The third-order valence-electron chi connectivity index (χ3n) is 2.80. The highest BCUT2D eigenvalue weighted by atomic mass is 32.2. The second-order valence-corrected chi connectivity index (χ2v) is 5.65. The number of benzene rings is 1. The van der Waals surface area contributed by atoms with Crippen LogP contribution in [0, 0.1) is 0 Å². The van der Waals surface area contributed by atoms with Gasteiger partial charge in [-0.3, -0.25) is 4.79 Å². The van der Waals surface area contributed by atoms with E-state index in [1.165, 1.54) is 0 Å². The van der Waals surface area contributed by atoms with E-state index in [1.54, 1.807) is 37.3 Å². The van der Waals surface area contributed by atoms with Gasteiger partial charge in [-0.2, -0.15) is 13.2 Å². The van der Waals surface area contributed by atoms with Gasteiger partial charge in [0.1, 0.15) is 6.54 Å². The molecule has 22 heavy (non-hydrogen) atoms. The lowest BCUT2D eigenvalue weighted by Gasteiger charge is -2.13. The van der Waals surface area contributed by atoms with Crippen molar-refractivity contribution in [2.24, 2.45) is 0 Å². The van der Waals surface area contributed by atoms with Crippen LogP contribution in [0.2, 0.25) is 0 Å². The minimum absolute atomic E-state index is 0.0199. The summed E-state index contributed by atoms with van der Waals surface area (Å²) in [6.45, 7) is 0.509. The Morgan fingerprint density at radius 3 is 2.59 bits per heavy atom. The molecule has 1 atom stereocenters. The molecule has 0 amide bonds. The number of carbonyl (C=O) groups is 1. The van der Waals surface area contributed by atoms with E-state index in [4.69, 9.17) is 0 Å². The minimum atomic E-state index is -4.42. The van der Waals surface area contributed by atoms with E-state index in [1.807, 2.05) is 0 Å². The van der Waals surface area contributed by atoms with Gasteiger partial charge in [0.05, 0.1) is 5.25 Å². The van der Waals surface area contributed by atoms with Crippen molar-refractivity contribution in [1.29, 1.82) is 0 Å². The fourth-order valence-electron chi connectivity index (χ4n) is 1.79. The van der Waals surface area contributed by atoms with Gasteiger partial charge in [0.25, 0.3) is 0 Å². The van der Waals surface area contributed by atoms with Crippen molar-refractivity contribution < 1.29 is 18.0 Å². The van der Waals surface area contributed by atoms with Crippen LogP contribution in [0.1, 0.15) is 23.7 Å². The molecule has 1 aromatic heterocycles. The Kier molecular flexibility index (Phi) is 5.17. The molecular weight excluding hydrogens is 317 g/mol. The smallest absolute Gasteiger partial charge is 0.293 e. The molecule has 0 saturated heterocycles. The van der Waals surface area contributed by atoms with Gasteiger partial charge in [0.15, 0.2) is 5.78 Å². The van der Waals surface area contributed by atoms with E-state index in [0.717, 1.165) is 11.8 Å². The zero-order valence-electron chi connectivity index (χ0n) is 11.6. The highest BCUT2D eigenvalue weighted by Gasteiger charge is 2.31. The number of carbonyl (C=O) groups excluding carboxylic acids is 1. The van der Waals surface area contributed by atoms with Crippen LogP contribution in [0.15, 0.2) is 35.5 Å². The number of nitrogens with zero attached hydrogens (tertiary/aromatic N) is 4. The third kappa shape index (κ3) is 4.30. The maximum Gasteiger partial charge on any atom is 0.408 e. The first kappa shape index (κ1) is 16.5. The summed E-state index contributed by atoms with van der Waals surface area (Å²) in [6, 6.07) is 8.60. The Morgan fingerprint density at radius 2 is 2.00 bits per heavy atom. The predicted octanol–water partition coefficient (Wildman–Crippen LogP) is 2.99. The number of thioether (sulfide) groups is 1. The molecule has 118 valence electrons. The molecule has 0 aliphatic carbocycles. The summed E-state index contributed by atoms with van der Waals surface area (Å²) in [5.74, 6) is -0.158. The molecule has 5 nitrogen and oxygen atoms in total. The summed E-state index contributed by atoms with van der Waals surface area (Å²) in [5.41, 5.74) is 0.511. The van der Waals surface area contributed by atoms with Crippen molar-refractivity contribution in [3.05, 3.63) is 35.9 Å². The van der Waals surface area contributed by atoms with Gasteiger partial charge in [-0.15, -0.1) is 5.10 Å². The Labute approximate surface area is 128 Å². The van der Waals surface area contributed by atoms with Crippen molar-refractivity contribution in [1.82, 2.24) is 20.2 Å². The molecule has 0 spiro atoms. The molecular formula is C13H13F3N4OS. The Morgan fingerprint density at radius 1 is 1.32 bits per heavy atom. The summed E-state index contributed by atoms with van der Waals surface area (Å²) in [5, 5.41) is 9.60. The van der Waals surface area contributed by atoms with Crippen LogP contribution < -0.4 is 0 Å². The zero-order chi connectivity index (χ0) is 16.2. The fraction of sp³-hybridized carbons (Fsp3) is 0.385. The van der Waals surface area contributed by atoms with Gasteiger partial charge in [0.2, 0.25) is 5.16 Å². The van der Waals surface area contributed by atoms with E-state index in [-0.39, 0.29) is 10.9 Å². The maximum atomic E-state index is 12.4. The molecule has 0 aliphatic rings. The highest BCUT2D eigenvalue weighted by molar-refractivity contribution is 8.00. The van der Waals surface area contributed by atoms with Crippen LogP contribution in [0.25, 0.3) is 0 Å². The number of Topliss-reactive ketones (excluding diaryl/α,β-unsaturated/α-hetero) is 1. The third-order valence-corrected chi connectivity index (χ3v) is 4.13. The van der Waals surface area contributed by atoms with Crippen LogP contribution in [0.4, 0.5) is 13.2 Å². The van der Waals surface area contributed by atoms with Gasteiger partial charge in [0, 0.05) is 5.56 Å². The molecule has 0 unspecified atom stereocenters. The largest absolute Gasteiger partial charge is 0.408 e. The molecule has 9 heteroatoms. The SMILES string of the molecule is CC[C@@H](Sc1nnnn1CC(F)(F)F)C(=O)c1ccccc1. The first-order valence-electron chi connectivity index (χ1n) is 6.49. The van der Waals surface area contributed by atoms with E-state index in [2.05, 4.69) is 15.5 Å². The normalized spacial score (nSPS) is 13.1. The molecule has 1 aromatic carbocycles. The van der Waals surface area contributed by atoms with E-state index < -0.39 is 18.0 Å². The van der Waals surface area contributed by atoms with Gasteiger partial charge in [-0.05, 0) is 16.8 Å². The quantitative estimate of drug-likeness (QED) is 0.602. The van der Waals surface area contributed by atoms with Gasteiger partial charge in [-0.25, -0.2) is 4.68 Å². The Hall–Kier alpha value is -1.90. The summed E-state index contributed by atoms with van der Waals surface area (Å²) in [7, 11) is 0. The highest BCUT2D eigenvalue weighted by Crippen LogP contribution is 2.27. The first-order chi connectivity index (χ1) is 10.4. The van der Waals surface area contributed by atoms with E-state index in [0.29, 0.717) is 16.7 Å². The monoisotopic (exact) mass is 330 g/mol. The topological polar surface area (TPSA) is 60.7 Å². The number of alkyl halides is 3. The second-order valence-electron chi connectivity index (χ2n) is 4.48. The number of hydrogen-bond donors (Lipinski definition) is 0. The lowest BCUT2D eigenvalue weighted by Crippen LogP contribution is -2.21. The fourth-order valence-corrected chi connectivity index (χ4v) is 2.76. The standard InChI is InChI=1S/C13H13F3N4OS/c1-2-10(11(21)9-6-4-3-5-7-9)22-12-17-18-19-20(12)8-13(14,15)16/h3-7,10H,2,8H2,1H3/t10-/m1/s1. The van der Waals surface area contributed by atoms with E-state index >= 15 is 0 Å². The van der Waals surface area contributed by atoms with Gasteiger partial charge < -0.3 is 0 Å². The average molecular weight is 330 g/mol. The van der Waals surface area contributed by atoms with Crippen molar-refractivity contribution in [2.45, 2.75) is 36.5 Å². The molecule has 0 fully saturated rings. The van der Waals surface area contributed by atoms with Crippen LogP contribution in [-0.4, -0.2) is 37.4 Å². The summed E-state index contributed by atoms with van der Waals surface area (Å²) < 4.78 is 38.0. The van der Waals surface area contributed by atoms with Crippen LogP contribution in [0.3, 0.4) is 0 Å². The van der Waals surface area contributed by atoms with Crippen molar-refractivity contribution in [3.8, 4) is 0 Å². The molecule has 0 N–H and O–H groups in total. The lowest BCUT2D eigenvalue weighted by atomic mass is 10.1. The second kappa shape index (κ2) is 6.91. The van der Waals surface area contributed by atoms with Gasteiger partial charge >= 0.3 is 6.18 Å². The number of tetrazole rings is 1. The number of rotatable bonds is 6. The Balaban J connectivity index is 2.14. The predicted molar refractivity (Wildman–Crippen MR) is 74.6 cm³/mol. The molecule has 0 radical (unpaired) electrons. The number of hydrogen-bond acceptors (Lipinski definition) is 5. The molecule has 1 heterocycles. The van der Waals surface area contributed by atoms with Gasteiger partial charge in [-0.1, -0.05) is 49.0 Å². The summed E-state index contributed by atoms with van der Waals surface area (Å²) in [4.78, 5) is 12.4. The average Bonchev–Trinajstić information content (AvgIpc) is 2.90. The van der Waals surface area contributed by atoms with Crippen LogP contribution >= 0.6 is 11.8 Å². The minimum Gasteiger partial charge on any atom is -0.293 e. The molecule has 2 aromatic rings. The first-order valence-corrected chi connectivity index (χ1v) is 7.37. The zero-order valence-corrected chi connectivity index (χ0v) is 12.4. The number of aromatic nitrogens is 4. The number of halogens is 3. The van der Waals surface area contributed by atoms with Crippen molar-refractivity contribution in [3.63, 3.8) is 0 Å². The Bertz CT molecular complexity index is 630. The summed E-state index contributed by atoms with van der Waals surface area (Å²) in [6.07, 6.45) is -3.97. The maximum absolute atomic E-state index is 12.4. The number of ketones is 1. The van der Waals surface area contributed by atoms with Crippen LogP contribution in [0.5, 0.6) is 0 Å². The molecule has 0 saturated carbocycles.